The number of halogens is 1. The van der Waals surface area contributed by atoms with E-state index in [1.807, 2.05) is 29.6 Å². The second-order valence-electron chi connectivity index (χ2n) is 4.11. The topological polar surface area (TPSA) is 68.0 Å². The van der Waals surface area contributed by atoms with E-state index in [0.717, 1.165) is 15.1 Å². The van der Waals surface area contributed by atoms with E-state index in [4.69, 9.17) is 17.3 Å². The van der Waals surface area contributed by atoms with E-state index in [0.29, 0.717) is 10.2 Å². The van der Waals surface area contributed by atoms with Crippen LogP contribution in [0.5, 0.6) is 0 Å². The highest BCUT2D eigenvalue weighted by atomic mass is 35.5. The third-order valence-corrected chi connectivity index (χ3v) is 4.84. The summed E-state index contributed by atoms with van der Waals surface area (Å²) in [6.07, 6.45) is 0. The number of carbonyl (C=O) groups is 1. The van der Waals surface area contributed by atoms with Crippen molar-refractivity contribution < 1.29 is 4.79 Å². The molecule has 1 atom stereocenters. The second-order valence-corrected chi connectivity index (χ2v) is 6.56. The van der Waals surface area contributed by atoms with Crippen LogP contribution in [0.3, 0.4) is 0 Å². The van der Waals surface area contributed by atoms with E-state index >= 15 is 0 Å². The first-order valence-corrected chi connectivity index (χ1v) is 7.87. The van der Waals surface area contributed by atoms with Crippen molar-refractivity contribution in [3.8, 4) is 0 Å². The number of hydrogen-bond acceptors (Lipinski definition) is 5. The van der Waals surface area contributed by atoms with Gasteiger partial charge in [-0.3, -0.25) is 4.79 Å². The molecular formula is C13H10ClN3OS2. The fraction of sp³-hybridized carbons (Fsp3) is 0.0769. The molecule has 2 aromatic heterocycles. The minimum atomic E-state index is -0.675. The maximum atomic E-state index is 12.1. The molecule has 1 amide bonds. The van der Waals surface area contributed by atoms with Crippen molar-refractivity contribution in [1.82, 2.24) is 4.98 Å². The molecule has 20 heavy (non-hydrogen) atoms. The first kappa shape index (κ1) is 13.5. The smallest absolute Gasteiger partial charge is 0.248 e. The van der Waals surface area contributed by atoms with Crippen molar-refractivity contribution in [2.75, 3.05) is 5.32 Å². The zero-order valence-electron chi connectivity index (χ0n) is 10.2. The third-order valence-electron chi connectivity index (χ3n) is 2.71. The Kier molecular flexibility index (Phi) is 3.71. The number of nitrogens with two attached hydrogens (primary N) is 1. The molecule has 102 valence electrons. The fourth-order valence-corrected chi connectivity index (χ4v) is 3.60. The lowest BCUT2D eigenvalue weighted by atomic mass is 10.2. The summed E-state index contributed by atoms with van der Waals surface area (Å²) in [6.45, 7) is 0. The Bertz CT molecular complexity index is 754. The van der Waals surface area contributed by atoms with Gasteiger partial charge >= 0.3 is 0 Å². The van der Waals surface area contributed by atoms with Crippen molar-refractivity contribution in [1.29, 1.82) is 0 Å². The van der Waals surface area contributed by atoms with Gasteiger partial charge in [-0.15, -0.1) is 11.3 Å². The standard InChI is InChI=1S/C13H10ClN3OS2/c14-7-3-4-8-10(6-7)20-13(16-8)17-12(18)11(15)9-2-1-5-19-9/h1-6,11H,15H2,(H,16,17,18). The van der Waals surface area contributed by atoms with Gasteiger partial charge in [0.1, 0.15) is 6.04 Å². The van der Waals surface area contributed by atoms with Gasteiger partial charge < -0.3 is 11.1 Å². The molecule has 3 N–H and O–H groups in total. The Hall–Kier alpha value is -1.47. The summed E-state index contributed by atoms with van der Waals surface area (Å²) in [7, 11) is 0. The van der Waals surface area contributed by atoms with E-state index in [1.165, 1.54) is 22.7 Å². The van der Waals surface area contributed by atoms with Gasteiger partial charge in [0.15, 0.2) is 5.13 Å². The van der Waals surface area contributed by atoms with E-state index in [2.05, 4.69) is 10.3 Å². The molecular weight excluding hydrogens is 314 g/mol. The molecule has 0 aliphatic heterocycles. The molecule has 7 heteroatoms. The van der Waals surface area contributed by atoms with Crippen LogP contribution in [0.1, 0.15) is 10.9 Å². The van der Waals surface area contributed by atoms with Gasteiger partial charge in [0, 0.05) is 9.90 Å². The minimum Gasteiger partial charge on any atom is -0.316 e. The number of nitrogens with one attached hydrogen (secondary N) is 1. The zero-order valence-corrected chi connectivity index (χ0v) is 12.6. The third kappa shape index (κ3) is 2.69. The number of hydrogen-bond donors (Lipinski definition) is 2. The summed E-state index contributed by atoms with van der Waals surface area (Å²) in [6, 6.07) is 8.45. The van der Waals surface area contributed by atoms with Gasteiger partial charge in [0.05, 0.1) is 10.2 Å². The van der Waals surface area contributed by atoms with Crippen molar-refractivity contribution in [3.05, 3.63) is 45.6 Å². The van der Waals surface area contributed by atoms with Crippen LogP contribution >= 0.6 is 34.3 Å². The van der Waals surface area contributed by atoms with Crippen molar-refractivity contribution in [2.24, 2.45) is 5.73 Å². The van der Waals surface area contributed by atoms with Gasteiger partial charge in [-0.1, -0.05) is 29.0 Å². The van der Waals surface area contributed by atoms with Crippen LogP contribution < -0.4 is 11.1 Å². The van der Waals surface area contributed by atoms with Crippen LogP contribution in [0.2, 0.25) is 5.02 Å². The lowest BCUT2D eigenvalue weighted by Gasteiger charge is -2.08. The van der Waals surface area contributed by atoms with Crippen molar-refractivity contribution >= 4 is 55.5 Å². The number of thiophene rings is 1. The van der Waals surface area contributed by atoms with Crippen molar-refractivity contribution in [3.63, 3.8) is 0 Å². The maximum Gasteiger partial charge on any atom is 0.248 e. The predicted octanol–water partition coefficient (Wildman–Crippen LogP) is 3.65. The highest BCUT2D eigenvalue weighted by Gasteiger charge is 2.18. The molecule has 0 radical (unpaired) electrons. The zero-order chi connectivity index (χ0) is 14.1. The monoisotopic (exact) mass is 323 g/mol. The minimum absolute atomic E-state index is 0.266. The van der Waals surface area contributed by atoms with Gasteiger partial charge in [-0.25, -0.2) is 4.98 Å². The Balaban J connectivity index is 1.80. The molecule has 0 bridgehead atoms. The van der Waals surface area contributed by atoms with Gasteiger partial charge in [0.25, 0.3) is 0 Å². The first-order chi connectivity index (χ1) is 9.63. The SMILES string of the molecule is NC(C(=O)Nc1nc2ccc(Cl)cc2s1)c1cccs1. The summed E-state index contributed by atoms with van der Waals surface area (Å²) in [5.74, 6) is -0.266. The van der Waals surface area contributed by atoms with E-state index in [9.17, 15) is 4.79 Å². The number of fused-ring (bicyclic) bond motifs is 1. The van der Waals surface area contributed by atoms with Crippen LogP contribution in [0, 0.1) is 0 Å². The van der Waals surface area contributed by atoms with E-state index < -0.39 is 6.04 Å². The normalized spacial score (nSPS) is 12.5. The molecule has 3 rings (SSSR count). The van der Waals surface area contributed by atoms with Crippen LogP contribution in [-0.2, 0) is 4.79 Å². The Morgan fingerprint density at radius 2 is 2.25 bits per heavy atom. The molecule has 3 aromatic rings. The first-order valence-electron chi connectivity index (χ1n) is 5.79. The highest BCUT2D eigenvalue weighted by Crippen LogP contribution is 2.29. The number of benzene rings is 1. The van der Waals surface area contributed by atoms with Gasteiger partial charge in [-0.2, -0.15) is 0 Å². The number of rotatable bonds is 3. The summed E-state index contributed by atoms with van der Waals surface area (Å²) in [5, 5.41) is 5.81. The predicted molar refractivity (Wildman–Crippen MR) is 84.5 cm³/mol. The largest absolute Gasteiger partial charge is 0.316 e. The van der Waals surface area contributed by atoms with Gasteiger partial charge in [0.2, 0.25) is 5.91 Å². The lowest BCUT2D eigenvalue weighted by molar-refractivity contribution is -0.117. The van der Waals surface area contributed by atoms with E-state index in [-0.39, 0.29) is 5.91 Å². The van der Waals surface area contributed by atoms with Crippen LogP contribution in [0.15, 0.2) is 35.7 Å². The summed E-state index contributed by atoms with van der Waals surface area (Å²) in [5.41, 5.74) is 6.71. The molecule has 0 fully saturated rings. The molecule has 0 spiro atoms. The van der Waals surface area contributed by atoms with Crippen LogP contribution in [0.25, 0.3) is 10.2 Å². The summed E-state index contributed by atoms with van der Waals surface area (Å²) in [4.78, 5) is 17.2. The average molecular weight is 324 g/mol. The molecule has 4 nitrogen and oxygen atoms in total. The average Bonchev–Trinajstić information content (AvgIpc) is 3.05. The molecule has 0 saturated heterocycles. The molecule has 1 aromatic carbocycles. The quantitative estimate of drug-likeness (QED) is 0.773. The van der Waals surface area contributed by atoms with E-state index in [1.54, 1.807) is 6.07 Å². The highest BCUT2D eigenvalue weighted by molar-refractivity contribution is 7.22. The number of amides is 1. The molecule has 1 unspecified atom stereocenters. The molecule has 0 saturated carbocycles. The number of carbonyl (C=O) groups excluding carboxylic acids is 1. The molecule has 0 aliphatic rings. The van der Waals surface area contributed by atoms with Crippen LogP contribution in [-0.4, -0.2) is 10.9 Å². The summed E-state index contributed by atoms with van der Waals surface area (Å²) < 4.78 is 0.928. The Morgan fingerprint density at radius 1 is 1.40 bits per heavy atom. The molecule has 0 aliphatic carbocycles. The second kappa shape index (κ2) is 5.49. The Morgan fingerprint density at radius 3 is 3.00 bits per heavy atom. The van der Waals surface area contributed by atoms with Gasteiger partial charge in [-0.05, 0) is 29.6 Å². The number of thiazole rings is 1. The van der Waals surface area contributed by atoms with Crippen LogP contribution in [0.4, 0.5) is 5.13 Å². The number of nitrogens with zero attached hydrogens (tertiary/aromatic N) is 1. The maximum absolute atomic E-state index is 12.1. The molecule has 2 heterocycles. The lowest BCUT2D eigenvalue weighted by Crippen LogP contribution is -2.26. The van der Waals surface area contributed by atoms with Crippen molar-refractivity contribution in [2.45, 2.75) is 6.04 Å². The number of anilines is 1. The number of aromatic nitrogens is 1. The summed E-state index contributed by atoms with van der Waals surface area (Å²) >= 11 is 8.76. The fourth-order valence-electron chi connectivity index (χ4n) is 1.73. The Labute approximate surface area is 128 Å².